The van der Waals surface area contributed by atoms with Crippen molar-refractivity contribution in [2.45, 2.75) is 33.6 Å². The third kappa shape index (κ3) is 6.74. The minimum Gasteiger partial charge on any atom is -0.504 e. The lowest BCUT2D eigenvalue weighted by molar-refractivity contribution is -0.116. The molecule has 0 aromatic heterocycles. The third-order valence-corrected chi connectivity index (χ3v) is 7.11. The topological polar surface area (TPSA) is 92.3 Å². The fourth-order valence-electron chi connectivity index (χ4n) is 4.52. The Morgan fingerprint density at radius 1 is 1.00 bits per heavy atom. The molecule has 9 heteroatoms. The number of hydrogen-bond acceptors (Lipinski definition) is 7. The van der Waals surface area contributed by atoms with Crippen molar-refractivity contribution in [3.05, 3.63) is 64.7 Å². The van der Waals surface area contributed by atoms with Crippen molar-refractivity contribution in [2.24, 2.45) is 0 Å². The number of nitrogens with zero attached hydrogens (tertiary/aromatic N) is 1. The summed E-state index contributed by atoms with van der Waals surface area (Å²) < 4.78 is 16.2. The number of anilines is 4. The minimum atomic E-state index is -0.294. The molecule has 0 aliphatic rings. The molecule has 0 unspecified atom stereocenters. The van der Waals surface area contributed by atoms with Gasteiger partial charge in [0.05, 0.1) is 32.0 Å². The van der Waals surface area contributed by atoms with E-state index in [0.29, 0.717) is 34.9 Å². The summed E-state index contributed by atoms with van der Waals surface area (Å²) in [6, 6.07) is 11.5. The average molecular weight is 568 g/mol. The Bertz CT molecular complexity index is 1350. The normalized spacial score (nSPS) is 10.6. The van der Waals surface area contributed by atoms with Crippen LogP contribution in [0.1, 0.15) is 37.0 Å². The van der Waals surface area contributed by atoms with Crippen molar-refractivity contribution in [3.63, 3.8) is 0 Å². The first kappa shape index (κ1) is 30.5. The predicted molar refractivity (Wildman–Crippen MR) is 164 cm³/mol. The van der Waals surface area contributed by atoms with Crippen LogP contribution in [0.15, 0.2) is 43.0 Å². The van der Waals surface area contributed by atoms with Crippen LogP contribution in [0.3, 0.4) is 0 Å². The maximum Gasteiger partial charge on any atom is 0.224 e. The van der Waals surface area contributed by atoms with Gasteiger partial charge in [-0.3, -0.25) is 4.79 Å². The van der Waals surface area contributed by atoms with Crippen molar-refractivity contribution >= 4 is 46.3 Å². The summed E-state index contributed by atoms with van der Waals surface area (Å²) in [6.07, 6.45) is 2.12. The highest BCUT2D eigenvalue weighted by molar-refractivity contribution is 6.34. The monoisotopic (exact) mass is 567 g/mol. The van der Waals surface area contributed by atoms with Crippen LogP contribution in [0.4, 0.5) is 22.7 Å². The molecule has 0 radical (unpaired) electrons. The molecule has 0 fully saturated rings. The maximum absolute atomic E-state index is 12.9. The molecule has 0 atom stereocenters. The Kier molecular flexibility index (Phi) is 10.6. The van der Waals surface area contributed by atoms with Gasteiger partial charge in [-0.15, -0.1) is 0 Å². The van der Waals surface area contributed by atoms with Crippen LogP contribution in [-0.2, 0) is 11.2 Å². The zero-order valence-corrected chi connectivity index (χ0v) is 24.7. The number of methoxy groups -OCH3 is 3. The van der Waals surface area contributed by atoms with Gasteiger partial charge in [-0.05, 0) is 74.7 Å². The van der Waals surface area contributed by atoms with Crippen LogP contribution >= 0.6 is 11.6 Å². The molecular formula is C31H38ClN3O5. The highest BCUT2D eigenvalue weighted by atomic mass is 35.5. The van der Waals surface area contributed by atoms with E-state index in [-0.39, 0.29) is 28.8 Å². The van der Waals surface area contributed by atoms with Crippen LogP contribution in [-0.4, -0.2) is 45.4 Å². The number of hydrogen-bond donors (Lipinski definition) is 3. The number of phenols is 1. The van der Waals surface area contributed by atoms with E-state index >= 15 is 0 Å². The molecule has 0 heterocycles. The van der Waals surface area contributed by atoms with Gasteiger partial charge in [-0.25, -0.2) is 0 Å². The van der Waals surface area contributed by atoms with E-state index < -0.39 is 0 Å². The number of aromatic hydroxyl groups is 1. The molecule has 1 amide bonds. The lowest BCUT2D eigenvalue weighted by Gasteiger charge is -2.23. The number of ether oxygens (including phenoxy) is 3. The zero-order chi connectivity index (χ0) is 29.4. The second-order valence-electron chi connectivity index (χ2n) is 9.13. The number of nitrogens with one attached hydrogen (secondary N) is 2. The molecule has 0 spiro atoms. The first-order valence-corrected chi connectivity index (χ1v) is 13.5. The summed E-state index contributed by atoms with van der Waals surface area (Å²) in [4.78, 5) is 15.2. The lowest BCUT2D eigenvalue weighted by atomic mass is 10.1. The number of carbonyl (C=O) groups excluding carboxylic acids is 1. The molecule has 3 aromatic carbocycles. The largest absolute Gasteiger partial charge is 0.504 e. The van der Waals surface area contributed by atoms with Crippen LogP contribution in [0.25, 0.3) is 6.08 Å². The summed E-state index contributed by atoms with van der Waals surface area (Å²) in [5.41, 5.74) is 5.23. The number of halogens is 1. The SMILES string of the molecule is C=Cc1c(Nc2ccc(N(CC)CC)cc2C)cc(NC(=O)CCc2cc(OC)c(OC)c(OC)c2)c(O)c1Cl. The van der Waals surface area contributed by atoms with Crippen LogP contribution < -0.4 is 29.7 Å². The van der Waals surface area contributed by atoms with E-state index in [2.05, 4.69) is 48.1 Å². The number of aryl methyl sites for hydroxylation is 2. The molecule has 3 rings (SSSR count). The summed E-state index contributed by atoms with van der Waals surface area (Å²) in [6.45, 7) is 12.0. The van der Waals surface area contributed by atoms with Gasteiger partial charge in [0.1, 0.15) is 0 Å². The van der Waals surface area contributed by atoms with Gasteiger partial charge in [-0.1, -0.05) is 24.3 Å². The van der Waals surface area contributed by atoms with Crippen LogP contribution in [0.5, 0.6) is 23.0 Å². The number of carbonyl (C=O) groups is 1. The number of rotatable bonds is 13. The van der Waals surface area contributed by atoms with Crippen molar-refractivity contribution in [1.29, 1.82) is 0 Å². The fourth-order valence-corrected chi connectivity index (χ4v) is 4.80. The maximum atomic E-state index is 12.9. The molecule has 3 N–H and O–H groups in total. The number of amides is 1. The average Bonchev–Trinajstić information content (AvgIpc) is 2.96. The number of phenolic OH excluding ortho intramolecular Hbond substituents is 1. The van der Waals surface area contributed by atoms with E-state index in [4.69, 9.17) is 25.8 Å². The van der Waals surface area contributed by atoms with E-state index in [1.54, 1.807) is 38.5 Å². The Morgan fingerprint density at radius 2 is 1.65 bits per heavy atom. The quantitative estimate of drug-likeness (QED) is 0.149. The highest BCUT2D eigenvalue weighted by Gasteiger charge is 2.18. The fraction of sp³-hybridized carbons (Fsp3) is 0.323. The van der Waals surface area contributed by atoms with Gasteiger partial charge >= 0.3 is 0 Å². The van der Waals surface area contributed by atoms with E-state index in [1.807, 2.05) is 13.0 Å². The first-order chi connectivity index (χ1) is 19.2. The van der Waals surface area contributed by atoms with Gasteiger partial charge in [0.25, 0.3) is 0 Å². The third-order valence-electron chi connectivity index (χ3n) is 6.73. The minimum absolute atomic E-state index is 0.0948. The smallest absolute Gasteiger partial charge is 0.224 e. The summed E-state index contributed by atoms with van der Waals surface area (Å²) in [7, 11) is 4.62. The number of benzene rings is 3. The van der Waals surface area contributed by atoms with E-state index in [9.17, 15) is 9.90 Å². The van der Waals surface area contributed by atoms with Crippen molar-refractivity contribution in [1.82, 2.24) is 0 Å². The molecule has 40 heavy (non-hydrogen) atoms. The van der Waals surface area contributed by atoms with Gasteiger partial charge < -0.3 is 34.9 Å². The standard InChI is InChI=1S/C31H38ClN3O5/c1-8-22-24(33-23-13-12-21(15-19(23)4)35(9-2)10-3)18-25(30(37)29(22)32)34-28(36)14-11-20-16-26(38-5)31(40-7)27(17-20)39-6/h8,12-13,15-18,33,37H,1,9-11,14H2,2-7H3,(H,34,36). The Labute approximate surface area is 241 Å². The summed E-state index contributed by atoms with van der Waals surface area (Å²) >= 11 is 6.51. The molecule has 0 aliphatic carbocycles. The second kappa shape index (κ2) is 13.8. The van der Waals surface area contributed by atoms with Crippen molar-refractivity contribution in [2.75, 3.05) is 50.0 Å². The molecule has 0 saturated carbocycles. The molecular weight excluding hydrogens is 530 g/mol. The summed E-state index contributed by atoms with van der Waals surface area (Å²) in [5.74, 6) is 0.989. The van der Waals surface area contributed by atoms with Crippen LogP contribution in [0.2, 0.25) is 5.02 Å². The van der Waals surface area contributed by atoms with E-state index in [0.717, 1.165) is 35.6 Å². The molecule has 0 aliphatic heterocycles. The lowest BCUT2D eigenvalue weighted by Crippen LogP contribution is -2.21. The Balaban J connectivity index is 1.83. The second-order valence-corrected chi connectivity index (χ2v) is 9.51. The summed E-state index contributed by atoms with van der Waals surface area (Å²) in [5, 5.41) is 17.0. The molecule has 0 saturated heterocycles. The first-order valence-electron chi connectivity index (χ1n) is 13.1. The van der Waals surface area contributed by atoms with Gasteiger partial charge in [0.2, 0.25) is 11.7 Å². The highest BCUT2D eigenvalue weighted by Crippen LogP contribution is 2.42. The molecule has 3 aromatic rings. The van der Waals surface area contributed by atoms with Crippen molar-refractivity contribution in [3.8, 4) is 23.0 Å². The zero-order valence-electron chi connectivity index (χ0n) is 24.0. The van der Waals surface area contributed by atoms with Crippen molar-refractivity contribution < 1.29 is 24.1 Å². The van der Waals surface area contributed by atoms with Gasteiger partial charge in [0, 0.05) is 42.1 Å². The Hall–Kier alpha value is -4.04. The molecule has 214 valence electrons. The predicted octanol–water partition coefficient (Wildman–Crippen LogP) is 7.18. The molecule has 0 bridgehead atoms. The van der Waals surface area contributed by atoms with Crippen LogP contribution in [0, 0.1) is 6.92 Å². The van der Waals surface area contributed by atoms with Gasteiger partial charge in [-0.2, -0.15) is 0 Å². The van der Waals surface area contributed by atoms with E-state index in [1.165, 1.54) is 7.11 Å². The molecule has 8 nitrogen and oxygen atoms in total. The van der Waals surface area contributed by atoms with Gasteiger partial charge in [0.15, 0.2) is 17.2 Å². The Morgan fingerprint density at radius 3 is 2.17 bits per heavy atom.